The molecule has 54 valence electrons. The molecule has 1 aliphatic carbocycles. The Hall–Kier alpha value is -0.110. The highest BCUT2D eigenvalue weighted by Gasteiger charge is 2.25. The molecule has 0 aromatic rings. The van der Waals surface area contributed by atoms with E-state index in [4.69, 9.17) is 5.73 Å². The van der Waals surface area contributed by atoms with Gasteiger partial charge in [0.25, 0.3) is 0 Å². The minimum Gasteiger partial charge on any atom is -0.330 e. The SMILES string of the molecule is NCC1CCCC1CF. The van der Waals surface area contributed by atoms with Gasteiger partial charge in [-0.15, -0.1) is 0 Å². The zero-order valence-electron chi connectivity index (χ0n) is 5.65. The van der Waals surface area contributed by atoms with E-state index < -0.39 is 0 Å². The molecule has 2 unspecified atom stereocenters. The average Bonchev–Trinajstić information content (AvgIpc) is 2.33. The first-order valence-electron chi connectivity index (χ1n) is 3.64. The molecule has 0 saturated heterocycles. The van der Waals surface area contributed by atoms with Crippen LogP contribution >= 0.6 is 0 Å². The molecule has 0 bridgehead atoms. The van der Waals surface area contributed by atoms with E-state index in [1.807, 2.05) is 0 Å². The number of hydrogen-bond acceptors (Lipinski definition) is 1. The molecule has 0 aromatic heterocycles. The lowest BCUT2D eigenvalue weighted by Crippen LogP contribution is -2.19. The molecule has 0 radical (unpaired) electrons. The Balaban J connectivity index is 2.32. The van der Waals surface area contributed by atoms with E-state index in [1.54, 1.807) is 0 Å². The van der Waals surface area contributed by atoms with Crippen LogP contribution in [0.5, 0.6) is 0 Å². The van der Waals surface area contributed by atoms with Crippen LogP contribution in [0.4, 0.5) is 4.39 Å². The van der Waals surface area contributed by atoms with Gasteiger partial charge in [0.2, 0.25) is 0 Å². The summed E-state index contributed by atoms with van der Waals surface area (Å²) in [5.41, 5.74) is 5.43. The molecule has 9 heavy (non-hydrogen) atoms. The zero-order valence-corrected chi connectivity index (χ0v) is 5.65. The molecule has 0 spiro atoms. The Kier molecular flexibility index (Phi) is 2.46. The number of alkyl halides is 1. The van der Waals surface area contributed by atoms with E-state index in [0.717, 1.165) is 12.8 Å². The van der Waals surface area contributed by atoms with Crippen LogP contribution in [-0.4, -0.2) is 13.2 Å². The second kappa shape index (κ2) is 3.16. The minimum atomic E-state index is -0.165. The molecule has 0 heterocycles. The van der Waals surface area contributed by atoms with Crippen molar-refractivity contribution in [1.82, 2.24) is 0 Å². The first-order chi connectivity index (χ1) is 4.38. The molecule has 1 nitrogen and oxygen atoms in total. The highest BCUT2D eigenvalue weighted by atomic mass is 19.1. The number of nitrogens with two attached hydrogens (primary N) is 1. The van der Waals surface area contributed by atoms with Crippen LogP contribution in [0.2, 0.25) is 0 Å². The van der Waals surface area contributed by atoms with Crippen LogP contribution in [-0.2, 0) is 0 Å². The second-order valence-electron chi connectivity index (χ2n) is 2.84. The van der Waals surface area contributed by atoms with E-state index in [2.05, 4.69) is 0 Å². The van der Waals surface area contributed by atoms with Gasteiger partial charge >= 0.3 is 0 Å². The second-order valence-corrected chi connectivity index (χ2v) is 2.84. The first-order valence-corrected chi connectivity index (χ1v) is 3.64. The topological polar surface area (TPSA) is 26.0 Å². The molecule has 1 saturated carbocycles. The average molecular weight is 131 g/mol. The minimum absolute atomic E-state index is 0.165. The first kappa shape index (κ1) is 7.00. The number of rotatable bonds is 2. The summed E-state index contributed by atoms with van der Waals surface area (Å²) >= 11 is 0. The predicted octanol–water partition coefficient (Wildman–Crippen LogP) is 1.33. The van der Waals surface area contributed by atoms with Gasteiger partial charge in [0.1, 0.15) is 0 Å². The fourth-order valence-electron chi connectivity index (χ4n) is 1.63. The molecule has 1 rings (SSSR count). The summed E-state index contributed by atoms with van der Waals surface area (Å²) in [6.45, 7) is 0.510. The van der Waals surface area contributed by atoms with E-state index in [9.17, 15) is 4.39 Å². The summed E-state index contributed by atoms with van der Waals surface area (Å²) in [6.07, 6.45) is 3.37. The fourth-order valence-corrected chi connectivity index (χ4v) is 1.63. The Morgan fingerprint density at radius 3 is 2.44 bits per heavy atom. The monoisotopic (exact) mass is 131 g/mol. The molecule has 2 N–H and O–H groups in total. The van der Waals surface area contributed by atoms with Crippen LogP contribution in [0.25, 0.3) is 0 Å². The lowest BCUT2D eigenvalue weighted by atomic mass is 9.98. The molecule has 0 aliphatic heterocycles. The van der Waals surface area contributed by atoms with Gasteiger partial charge in [-0.2, -0.15) is 0 Å². The Labute approximate surface area is 55.4 Å². The van der Waals surface area contributed by atoms with Gasteiger partial charge in [0, 0.05) is 0 Å². The van der Waals surface area contributed by atoms with Crippen LogP contribution in [0.15, 0.2) is 0 Å². The standard InChI is InChI=1S/C7H14FN/c8-4-6-2-1-3-7(6)5-9/h6-7H,1-5,9H2. The lowest BCUT2D eigenvalue weighted by molar-refractivity contribution is 0.299. The highest BCUT2D eigenvalue weighted by Crippen LogP contribution is 2.30. The van der Waals surface area contributed by atoms with Gasteiger partial charge in [-0.3, -0.25) is 4.39 Å². The van der Waals surface area contributed by atoms with Gasteiger partial charge in [-0.25, -0.2) is 0 Å². The van der Waals surface area contributed by atoms with Crippen LogP contribution in [0, 0.1) is 11.8 Å². The van der Waals surface area contributed by atoms with Gasteiger partial charge in [0.15, 0.2) is 0 Å². The van der Waals surface area contributed by atoms with Crippen molar-refractivity contribution < 1.29 is 4.39 Å². The highest BCUT2D eigenvalue weighted by molar-refractivity contribution is 4.77. The third kappa shape index (κ3) is 1.42. The summed E-state index contributed by atoms with van der Waals surface area (Å²) in [4.78, 5) is 0. The summed E-state index contributed by atoms with van der Waals surface area (Å²) in [7, 11) is 0. The van der Waals surface area contributed by atoms with Crippen molar-refractivity contribution >= 4 is 0 Å². The third-order valence-corrected chi connectivity index (χ3v) is 2.32. The van der Waals surface area contributed by atoms with Crippen molar-refractivity contribution in [2.24, 2.45) is 17.6 Å². The van der Waals surface area contributed by atoms with E-state index in [-0.39, 0.29) is 12.6 Å². The van der Waals surface area contributed by atoms with E-state index in [1.165, 1.54) is 6.42 Å². The predicted molar refractivity (Wildman–Crippen MR) is 35.9 cm³/mol. The van der Waals surface area contributed by atoms with Crippen LogP contribution in [0.1, 0.15) is 19.3 Å². The molecule has 2 atom stereocenters. The van der Waals surface area contributed by atoms with Gasteiger partial charge in [-0.1, -0.05) is 6.42 Å². The van der Waals surface area contributed by atoms with Crippen molar-refractivity contribution in [1.29, 1.82) is 0 Å². The number of halogens is 1. The van der Waals surface area contributed by atoms with Crippen molar-refractivity contribution in [2.45, 2.75) is 19.3 Å². The third-order valence-electron chi connectivity index (χ3n) is 2.32. The molecular formula is C7H14FN. The molecule has 0 aromatic carbocycles. The zero-order chi connectivity index (χ0) is 6.69. The van der Waals surface area contributed by atoms with Crippen LogP contribution in [0.3, 0.4) is 0 Å². The number of hydrogen-bond donors (Lipinski definition) is 1. The smallest absolute Gasteiger partial charge is 0.0925 e. The maximum Gasteiger partial charge on any atom is 0.0925 e. The summed E-state index contributed by atoms with van der Waals surface area (Å²) in [5, 5.41) is 0. The summed E-state index contributed by atoms with van der Waals surface area (Å²) < 4.78 is 12.1. The molecule has 2 heteroatoms. The van der Waals surface area contributed by atoms with E-state index in [0.29, 0.717) is 12.5 Å². The Morgan fingerprint density at radius 2 is 2.00 bits per heavy atom. The van der Waals surface area contributed by atoms with Gasteiger partial charge < -0.3 is 5.73 Å². The molecule has 1 aliphatic rings. The van der Waals surface area contributed by atoms with E-state index >= 15 is 0 Å². The molecular weight excluding hydrogens is 117 g/mol. The quantitative estimate of drug-likeness (QED) is 0.601. The van der Waals surface area contributed by atoms with Crippen molar-refractivity contribution in [2.75, 3.05) is 13.2 Å². The van der Waals surface area contributed by atoms with Crippen LogP contribution < -0.4 is 5.73 Å². The molecule has 1 fully saturated rings. The van der Waals surface area contributed by atoms with Crippen molar-refractivity contribution in [3.05, 3.63) is 0 Å². The normalized spacial score (nSPS) is 35.3. The Morgan fingerprint density at radius 1 is 1.33 bits per heavy atom. The largest absolute Gasteiger partial charge is 0.330 e. The Bertz CT molecular complexity index is 75.0. The maximum atomic E-state index is 12.1. The van der Waals surface area contributed by atoms with Gasteiger partial charge in [-0.05, 0) is 31.2 Å². The fraction of sp³-hybridized carbons (Fsp3) is 1.00. The summed E-state index contributed by atoms with van der Waals surface area (Å²) in [6, 6.07) is 0. The van der Waals surface area contributed by atoms with Crippen molar-refractivity contribution in [3.63, 3.8) is 0 Å². The van der Waals surface area contributed by atoms with Gasteiger partial charge in [0.05, 0.1) is 6.67 Å². The summed E-state index contributed by atoms with van der Waals surface area (Å²) in [5.74, 6) is 0.769. The van der Waals surface area contributed by atoms with Crippen molar-refractivity contribution in [3.8, 4) is 0 Å². The lowest BCUT2D eigenvalue weighted by Gasteiger charge is -2.12. The molecule has 0 amide bonds. The maximum absolute atomic E-state index is 12.1.